The summed E-state index contributed by atoms with van der Waals surface area (Å²) in [5.41, 5.74) is 3.26. The van der Waals surface area contributed by atoms with Crippen molar-refractivity contribution in [3.63, 3.8) is 0 Å². The summed E-state index contributed by atoms with van der Waals surface area (Å²) < 4.78 is 4.74. The van der Waals surface area contributed by atoms with Crippen molar-refractivity contribution in [1.82, 2.24) is 41.1 Å². The van der Waals surface area contributed by atoms with E-state index in [4.69, 9.17) is 9.61 Å². The summed E-state index contributed by atoms with van der Waals surface area (Å²) in [6.07, 6.45) is 6.26. The van der Waals surface area contributed by atoms with Gasteiger partial charge in [0.05, 0.1) is 17.1 Å². The maximum atomic E-state index is 13.2. The number of amides is 4. The van der Waals surface area contributed by atoms with Gasteiger partial charge in [0.2, 0.25) is 5.91 Å². The molecule has 39 heavy (non-hydrogen) atoms. The van der Waals surface area contributed by atoms with Crippen LogP contribution in [0.4, 0.5) is 4.79 Å². The van der Waals surface area contributed by atoms with E-state index in [0.717, 1.165) is 47.8 Å². The van der Waals surface area contributed by atoms with Gasteiger partial charge in [0, 0.05) is 32.5 Å². The van der Waals surface area contributed by atoms with E-state index in [0.29, 0.717) is 30.9 Å². The van der Waals surface area contributed by atoms with E-state index >= 15 is 0 Å². The predicted molar refractivity (Wildman–Crippen MR) is 141 cm³/mol. The number of hydrogen-bond donors (Lipinski definition) is 4. The first-order valence-corrected chi connectivity index (χ1v) is 13.7. The van der Waals surface area contributed by atoms with Gasteiger partial charge in [0.25, 0.3) is 5.91 Å². The van der Waals surface area contributed by atoms with Gasteiger partial charge in [-0.2, -0.15) is 0 Å². The number of hydrogen-bond acceptors (Lipinski definition) is 7. The molecule has 3 aromatic rings. The average molecular weight is 535 g/mol. The first-order chi connectivity index (χ1) is 18.8. The minimum atomic E-state index is -0.977. The summed E-state index contributed by atoms with van der Waals surface area (Å²) in [5.74, 6) is 0.443. The third-order valence-corrected chi connectivity index (χ3v) is 8.60. The Morgan fingerprint density at radius 1 is 1.15 bits per heavy atom. The Balaban J connectivity index is 1.33. The molecule has 0 bridgehead atoms. The van der Waals surface area contributed by atoms with Gasteiger partial charge in [-0.3, -0.25) is 9.59 Å². The first-order valence-electron chi connectivity index (χ1n) is 13.7. The normalized spacial score (nSPS) is 21.6. The molecule has 4 N–H and O–H groups in total. The summed E-state index contributed by atoms with van der Waals surface area (Å²) in [5, 5.41) is 16.4. The highest BCUT2D eigenvalue weighted by molar-refractivity contribution is 5.94. The van der Waals surface area contributed by atoms with Crippen LogP contribution in [0.3, 0.4) is 0 Å². The Bertz CT molecular complexity index is 1400. The third kappa shape index (κ3) is 4.31. The maximum absolute atomic E-state index is 13.2. The highest BCUT2D eigenvalue weighted by Crippen LogP contribution is 2.39. The summed E-state index contributed by atoms with van der Waals surface area (Å²) in [6.45, 7) is 4.10. The molecule has 2 unspecified atom stereocenters. The minimum Gasteiger partial charge on any atom is -0.357 e. The largest absolute Gasteiger partial charge is 0.357 e. The lowest BCUT2D eigenvalue weighted by molar-refractivity contribution is -0.130. The monoisotopic (exact) mass is 534 g/mol. The summed E-state index contributed by atoms with van der Waals surface area (Å²) in [7, 11) is 1.61. The van der Waals surface area contributed by atoms with E-state index < -0.39 is 5.54 Å². The molecule has 4 amide bonds. The van der Waals surface area contributed by atoms with Crippen LogP contribution in [0.15, 0.2) is 16.8 Å². The lowest BCUT2D eigenvalue weighted by atomic mass is 9.83. The first kappa shape index (κ1) is 25.3. The van der Waals surface area contributed by atoms with Crippen LogP contribution in [0, 0.1) is 12.8 Å². The van der Waals surface area contributed by atoms with Crippen molar-refractivity contribution in [3.8, 4) is 0 Å². The van der Waals surface area contributed by atoms with Gasteiger partial charge in [-0.1, -0.05) is 24.4 Å². The number of carbonyl (C=O) groups excluding carboxylic acids is 3. The van der Waals surface area contributed by atoms with Crippen LogP contribution < -0.4 is 16.0 Å². The van der Waals surface area contributed by atoms with Gasteiger partial charge in [0.15, 0.2) is 5.69 Å². The van der Waals surface area contributed by atoms with Crippen LogP contribution in [-0.4, -0.2) is 68.2 Å². The number of fused-ring (bicyclic) bond motifs is 2. The van der Waals surface area contributed by atoms with Crippen molar-refractivity contribution >= 4 is 28.9 Å². The molecule has 0 radical (unpaired) electrons. The number of aromatic amines is 1. The second kappa shape index (κ2) is 9.65. The molecular weight excluding hydrogens is 500 g/mol. The van der Waals surface area contributed by atoms with Crippen molar-refractivity contribution in [2.75, 3.05) is 13.6 Å². The van der Waals surface area contributed by atoms with Crippen molar-refractivity contribution in [3.05, 3.63) is 40.5 Å². The van der Waals surface area contributed by atoms with Crippen molar-refractivity contribution < 1.29 is 19.0 Å². The number of likely N-dealkylation sites (N-methyl/N-ethyl adjacent to an activating group) is 1. The Hall–Kier alpha value is -3.96. The number of carbonyl (C=O) groups is 3. The number of urea groups is 1. The van der Waals surface area contributed by atoms with Gasteiger partial charge in [0.1, 0.15) is 17.1 Å². The van der Waals surface area contributed by atoms with E-state index in [1.807, 2.05) is 19.1 Å². The number of rotatable bonds is 6. The second-order valence-electron chi connectivity index (χ2n) is 11.2. The molecule has 12 heteroatoms. The van der Waals surface area contributed by atoms with E-state index in [1.165, 1.54) is 6.42 Å². The van der Waals surface area contributed by atoms with Crippen LogP contribution in [0.5, 0.6) is 0 Å². The van der Waals surface area contributed by atoms with Gasteiger partial charge in [-0.25, -0.2) is 14.4 Å². The van der Waals surface area contributed by atoms with Crippen molar-refractivity contribution in [2.45, 2.75) is 76.4 Å². The summed E-state index contributed by atoms with van der Waals surface area (Å²) >= 11 is 0. The third-order valence-electron chi connectivity index (χ3n) is 8.60. The molecule has 1 aliphatic heterocycles. The molecule has 6 rings (SSSR count). The molecule has 3 atom stereocenters. The van der Waals surface area contributed by atoms with Gasteiger partial charge in [-0.05, 0) is 61.0 Å². The number of nitrogens with zero attached hydrogens (tertiary/aromatic N) is 4. The molecule has 3 heterocycles. The number of benzene rings is 1. The van der Waals surface area contributed by atoms with Crippen LogP contribution in [-0.2, 0) is 17.6 Å². The second-order valence-corrected chi connectivity index (χ2v) is 11.2. The fraction of sp³-hybridized carbons (Fsp3) is 0.556. The Kier molecular flexibility index (Phi) is 6.27. The molecule has 1 aromatic carbocycles. The molecule has 1 saturated carbocycles. The highest BCUT2D eigenvalue weighted by Gasteiger charge is 2.52. The number of nitrogens with one attached hydrogen (secondary N) is 4. The topological polar surface area (TPSA) is 158 Å². The SMILES string of the molecule is CNC(=O)C1(N2CC(C)NC2=O)Cc2cc3nc([C@@H](NC(=O)c4nonc4C)C4CCCCC4)[nH]c3cc2C1. The predicted octanol–water partition coefficient (Wildman–Crippen LogP) is 2.30. The molecule has 1 saturated heterocycles. The number of imidazole rings is 1. The van der Waals surface area contributed by atoms with E-state index in [2.05, 4.69) is 31.2 Å². The standard InChI is InChI=1S/C27H34N8O4/c1-14-13-35(26(38)29-14)27(25(37)28-3)11-17-9-19-20(10-18(17)12-27)31-23(30-19)22(16-7-5-4-6-8-16)32-24(36)21-15(2)33-39-34-21/h9-10,14,16,22H,4-8,11-13H2,1-3H3,(H,28,37)(H,29,38)(H,30,31)(H,32,36)/t14?,22-/m0/s1. The zero-order chi connectivity index (χ0) is 27.3. The molecule has 12 nitrogen and oxygen atoms in total. The highest BCUT2D eigenvalue weighted by atomic mass is 16.6. The number of aromatic nitrogens is 4. The van der Waals surface area contributed by atoms with Crippen LogP contribution in [0.25, 0.3) is 11.0 Å². The summed E-state index contributed by atoms with van der Waals surface area (Å²) in [6, 6.07) is 3.50. The molecule has 2 fully saturated rings. The lowest BCUT2D eigenvalue weighted by Crippen LogP contribution is -2.60. The lowest BCUT2D eigenvalue weighted by Gasteiger charge is -2.36. The quantitative estimate of drug-likeness (QED) is 0.378. The Labute approximate surface area is 225 Å². The fourth-order valence-electron chi connectivity index (χ4n) is 6.62. The minimum absolute atomic E-state index is 0.0228. The van der Waals surface area contributed by atoms with Crippen LogP contribution in [0.2, 0.25) is 0 Å². The zero-order valence-electron chi connectivity index (χ0n) is 22.5. The van der Waals surface area contributed by atoms with Crippen molar-refractivity contribution in [1.29, 1.82) is 0 Å². The van der Waals surface area contributed by atoms with Crippen LogP contribution in [0.1, 0.15) is 78.2 Å². The van der Waals surface area contributed by atoms with E-state index in [-0.39, 0.29) is 41.5 Å². The van der Waals surface area contributed by atoms with Crippen LogP contribution >= 0.6 is 0 Å². The van der Waals surface area contributed by atoms with Gasteiger partial charge >= 0.3 is 6.03 Å². The van der Waals surface area contributed by atoms with E-state index in [1.54, 1.807) is 18.9 Å². The maximum Gasteiger partial charge on any atom is 0.318 e. The Morgan fingerprint density at radius 3 is 2.54 bits per heavy atom. The Morgan fingerprint density at radius 2 is 1.90 bits per heavy atom. The zero-order valence-corrected chi connectivity index (χ0v) is 22.5. The van der Waals surface area contributed by atoms with Crippen molar-refractivity contribution in [2.24, 2.45) is 5.92 Å². The molecule has 2 aliphatic carbocycles. The smallest absolute Gasteiger partial charge is 0.318 e. The van der Waals surface area contributed by atoms with Gasteiger partial charge < -0.3 is 25.8 Å². The number of aryl methyl sites for hydroxylation is 1. The molecule has 0 spiro atoms. The van der Waals surface area contributed by atoms with E-state index in [9.17, 15) is 14.4 Å². The molecular formula is C27H34N8O4. The molecule has 2 aromatic heterocycles. The summed E-state index contributed by atoms with van der Waals surface area (Å²) in [4.78, 5) is 49.1. The average Bonchev–Trinajstić information content (AvgIpc) is 3.70. The fourth-order valence-corrected chi connectivity index (χ4v) is 6.62. The molecule has 3 aliphatic rings. The van der Waals surface area contributed by atoms with Gasteiger partial charge in [-0.15, -0.1) is 0 Å². The molecule has 206 valence electrons. The number of H-pyrrole nitrogens is 1.